The first-order chi connectivity index (χ1) is 10.0. The molecule has 0 atom stereocenters. The van der Waals surface area contributed by atoms with Crippen LogP contribution in [0.4, 0.5) is 5.69 Å². The van der Waals surface area contributed by atoms with E-state index in [2.05, 4.69) is 0 Å². The fourth-order valence-corrected chi connectivity index (χ4v) is 2.10. The predicted molar refractivity (Wildman–Crippen MR) is 79.8 cm³/mol. The summed E-state index contributed by atoms with van der Waals surface area (Å²) in [6, 6.07) is 9.19. The Morgan fingerprint density at radius 1 is 1.19 bits per heavy atom. The number of hydrogen-bond acceptors (Lipinski definition) is 4. The molecule has 0 aliphatic carbocycles. The van der Waals surface area contributed by atoms with Crippen molar-refractivity contribution >= 4 is 28.9 Å². The number of halogens is 2. The summed E-state index contributed by atoms with van der Waals surface area (Å²) in [5.41, 5.74) is 0.860. The van der Waals surface area contributed by atoms with Crippen molar-refractivity contribution in [3.8, 4) is 5.75 Å². The van der Waals surface area contributed by atoms with Crippen LogP contribution < -0.4 is 4.74 Å². The van der Waals surface area contributed by atoms with Gasteiger partial charge in [-0.05, 0) is 29.8 Å². The lowest BCUT2D eigenvalue weighted by molar-refractivity contribution is -0.386. The van der Waals surface area contributed by atoms with E-state index in [0.29, 0.717) is 21.2 Å². The van der Waals surface area contributed by atoms with Crippen molar-refractivity contribution in [2.75, 3.05) is 0 Å². The third-order valence-corrected chi connectivity index (χ3v) is 3.40. The minimum absolute atomic E-state index is 0.0543. The average Bonchev–Trinajstić information content (AvgIpc) is 2.48. The number of benzene rings is 2. The average molecular weight is 328 g/mol. The van der Waals surface area contributed by atoms with E-state index in [1.54, 1.807) is 24.3 Å². The zero-order valence-corrected chi connectivity index (χ0v) is 12.3. The molecule has 0 saturated heterocycles. The summed E-state index contributed by atoms with van der Waals surface area (Å²) < 4.78 is 5.45. The second kappa shape index (κ2) is 6.76. The number of aliphatic hydroxyl groups is 1. The second-order valence-electron chi connectivity index (χ2n) is 4.24. The standard InChI is InChI=1S/C14H11Cl2NO4/c15-11-2-3-12(16)10(6-11)8-21-14-4-1-9(7-18)5-13(14)17(19)20/h1-6,18H,7-8H2. The van der Waals surface area contributed by atoms with Crippen LogP contribution in [0, 0.1) is 10.1 Å². The Kier molecular flexibility index (Phi) is 5.01. The van der Waals surface area contributed by atoms with E-state index in [4.69, 9.17) is 33.0 Å². The molecule has 0 fully saturated rings. The number of aliphatic hydroxyl groups excluding tert-OH is 1. The van der Waals surface area contributed by atoms with Crippen LogP contribution in [-0.2, 0) is 13.2 Å². The maximum atomic E-state index is 11.0. The van der Waals surface area contributed by atoms with E-state index in [0.717, 1.165) is 0 Å². The van der Waals surface area contributed by atoms with E-state index in [1.807, 2.05) is 0 Å². The Morgan fingerprint density at radius 2 is 1.95 bits per heavy atom. The zero-order valence-electron chi connectivity index (χ0n) is 10.8. The predicted octanol–water partition coefficient (Wildman–Crippen LogP) is 3.97. The second-order valence-corrected chi connectivity index (χ2v) is 5.09. The Balaban J connectivity index is 2.23. The summed E-state index contributed by atoms with van der Waals surface area (Å²) >= 11 is 11.9. The molecule has 0 radical (unpaired) electrons. The van der Waals surface area contributed by atoms with Crippen molar-refractivity contribution in [2.24, 2.45) is 0 Å². The topological polar surface area (TPSA) is 72.6 Å². The number of hydrogen-bond donors (Lipinski definition) is 1. The fourth-order valence-electron chi connectivity index (χ4n) is 1.74. The molecule has 7 heteroatoms. The van der Waals surface area contributed by atoms with Gasteiger partial charge >= 0.3 is 5.69 Å². The third kappa shape index (κ3) is 3.85. The van der Waals surface area contributed by atoms with Gasteiger partial charge in [0.1, 0.15) is 6.61 Å². The lowest BCUT2D eigenvalue weighted by atomic mass is 10.2. The van der Waals surface area contributed by atoms with Gasteiger partial charge in [0, 0.05) is 21.7 Å². The molecule has 110 valence electrons. The molecule has 0 spiro atoms. The highest BCUT2D eigenvalue weighted by Gasteiger charge is 2.16. The zero-order chi connectivity index (χ0) is 15.4. The van der Waals surface area contributed by atoms with E-state index in [-0.39, 0.29) is 24.7 Å². The molecule has 0 aromatic heterocycles. The van der Waals surface area contributed by atoms with Gasteiger partial charge in [0.25, 0.3) is 0 Å². The van der Waals surface area contributed by atoms with Crippen LogP contribution in [0.5, 0.6) is 5.75 Å². The van der Waals surface area contributed by atoms with E-state index < -0.39 is 4.92 Å². The third-order valence-electron chi connectivity index (χ3n) is 2.79. The van der Waals surface area contributed by atoms with Crippen molar-refractivity contribution in [3.05, 3.63) is 67.7 Å². The van der Waals surface area contributed by atoms with Gasteiger partial charge in [-0.2, -0.15) is 0 Å². The number of nitrogens with zero attached hydrogens (tertiary/aromatic N) is 1. The van der Waals surface area contributed by atoms with E-state index in [9.17, 15) is 10.1 Å². The van der Waals surface area contributed by atoms with Gasteiger partial charge in [0.15, 0.2) is 5.75 Å². The minimum Gasteiger partial charge on any atom is -0.482 e. The summed E-state index contributed by atoms with van der Waals surface area (Å²) in [4.78, 5) is 10.5. The summed E-state index contributed by atoms with van der Waals surface area (Å²) in [6.07, 6.45) is 0. The molecular weight excluding hydrogens is 317 g/mol. The summed E-state index contributed by atoms with van der Waals surface area (Å²) in [6.45, 7) is -0.222. The highest BCUT2D eigenvalue weighted by atomic mass is 35.5. The number of ether oxygens (including phenoxy) is 1. The lowest BCUT2D eigenvalue weighted by Crippen LogP contribution is -2.00. The maximum absolute atomic E-state index is 11.0. The van der Waals surface area contributed by atoms with Gasteiger partial charge in [0.05, 0.1) is 11.5 Å². The number of rotatable bonds is 5. The van der Waals surface area contributed by atoms with Gasteiger partial charge in [0.2, 0.25) is 0 Å². The molecule has 2 rings (SSSR count). The van der Waals surface area contributed by atoms with Crippen LogP contribution in [-0.4, -0.2) is 10.0 Å². The highest BCUT2D eigenvalue weighted by molar-refractivity contribution is 6.33. The van der Waals surface area contributed by atoms with Gasteiger partial charge in [-0.25, -0.2) is 0 Å². The van der Waals surface area contributed by atoms with Crippen LogP contribution in [0.1, 0.15) is 11.1 Å². The Labute approximate surface area is 130 Å². The molecule has 0 amide bonds. The molecule has 0 bridgehead atoms. The van der Waals surface area contributed by atoms with Crippen LogP contribution >= 0.6 is 23.2 Å². The van der Waals surface area contributed by atoms with E-state index >= 15 is 0 Å². The van der Waals surface area contributed by atoms with Crippen molar-refractivity contribution < 1.29 is 14.8 Å². The van der Waals surface area contributed by atoms with Crippen LogP contribution in [0.2, 0.25) is 10.0 Å². The highest BCUT2D eigenvalue weighted by Crippen LogP contribution is 2.30. The lowest BCUT2D eigenvalue weighted by Gasteiger charge is -2.09. The monoisotopic (exact) mass is 327 g/mol. The van der Waals surface area contributed by atoms with Gasteiger partial charge in [-0.3, -0.25) is 10.1 Å². The van der Waals surface area contributed by atoms with Gasteiger partial charge in [-0.15, -0.1) is 0 Å². The van der Waals surface area contributed by atoms with Crippen molar-refractivity contribution in [3.63, 3.8) is 0 Å². The molecule has 0 aliphatic rings. The molecule has 5 nitrogen and oxygen atoms in total. The molecule has 21 heavy (non-hydrogen) atoms. The summed E-state index contributed by atoms with van der Waals surface area (Å²) in [5.74, 6) is 0.105. The minimum atomic E-state index is -0.561. The fraction of sp³-hybridized carbons (Fsp3) is 0.143. The Bertz CT molecular complexity index is 676. The van der Waals surface area contributed by atoms with Crippen LogP contribution in [0.15, 0.2) is 36.4 Å². The van der Waals surface area contributed by atoms with Gasteiger partial charge < -0.3 is 9.84 Å². The first-order valence-corrected chi connectivity index (χ1v) is 6.71. The Morgan fingerprint density at radius 3 is 2.62 bits per heavy atom. The summed E-state index contributed by atoms with van der Waals surface area (Å²) in [5, 5.41) is 21.0. The van der Waals surface area contributed by atoms with Crippen molar-refractivity contribution in [2.45, 2.75) is 13.2 Å². The summed E-state index contributed by atoms with van der Waals surface area (Å²) in [7, 11) is 0. The first kappa shape index (κ1) is 15.6. The van der Waals surface area contributed by atoms with Crippen LogP contribution in [0.3, 0.4) is 0 Å². The van der Waals surface area contributed by atoms with E-state index in [1.165, 1.54) is 12.1 Å². The van der Waals surface area contributed by atoms with Crippen molar-refractivity contribution in [1.29, 1.82) is 0 Å². The molecule has 0 saturated carbocycles. The molecular formula is C14H11Cl2NO4. The maximum Gasteiger partial charge on any atom is 0.311 e. The molecule has 1 N–H and O–H groups in total. The quantitative estimate of drug-likeness (QED) is 0.666. The smallest absolute Gasteiger partial charge is 0.311 e. The van der Waals surface area contributed by atoms with Crippen LogP contribution in [0.25, 0.3) is 0 Å². The Hall–Kier alpha value is -1.82. The number of nitro benzene ring substituents is 1. The SMILES string of the molecule is O=[N+]([O-])c1cc(CO)ccc1OCc1cc(Cl)ccc1Cl. The first-order valence-electron chi connectivity index (χ1n) is 5.96. The normalized spacial score (nSPS) is 10.4. The molecule has 0 unspecified atom stereocenters. The number of nitro groups is 1. The van der Waals surface area contributed by atoms with Crippen molar-refractivity contribution in [1.82, 2.24) is 0 Å². The molecule has 0 heterocycles. The molecule has 2 aromatic rings. The van der Waals surface area contributed by atoms with Gasteiger partial charge in [-0.1, -0.05) is 29.3 Å². The largest absolute Gasteiger partial charge is 0.482 e. The molecule has 0 aliphatic heterocycles. The molecule has 2 aromatic carbocycles.